The highest BCUT2D eigenvalue weighted by Gasteiger charge is 2.34. The number of ether oxygens (including phenoxy) is 2. The average molecular weight is 327 g/mol. The van der Waals surface area contributed by atoms with E-state index in [0.717, 1.165) is 10.7 Å². The van der Waals surface area contributed by atoms with E-state index in [1.54, 1.807) is 16.2 Å². The summed E-state index contributed by atoms with van der Waals surface area (Å²) in [6, 6.07) is -0.417. The number of amides is 1. The Kier molecular flexibility index (Phi) is 5.41. The minimum Gasteiger partial charge on any atom is -0.444 e. The first-order chi connectivity index (χ1) is 10.3. The van der Waals surface area contributed by atoms with E-state index < -0.39 is 5.60 Å². The molecule has 0 radical (unpaired) electrons. The fourth-order valence-electron chi connectivity index (χ4n) is 2.40. The number of rotatable bonds is 3. The third kappa shape index (κ3) is 4.66. The van der Waals surface area contributed by atoms with Gasteiger partial charge in [-0.15, -0.1) is 11.3 Å². The van der Waals surface area contributed by atoms with Crippen LogP contribution in [0.3, 0.4) is 0 Å². The first-order valence-electron chi connectivity index (χ1n) is 7.50. The summed E-state index contributed by atoms with van der Waals surface area (Å²) in [5.74, 6) is 0. The van der Waals surface area contributed by atoms with E-state index in [1.807, 2.05) is 33.1 Å². The van der Waals surface area contributed by atoms with Crippen LogP contribution in [0.25, 0.3) is 0 Å². The van der Waals surface area contributed by atoms with Crippen LogP contribution in [0, 0.1) is 6.92 Å². The number of nitrogens with zero attached hydrogens (tertiary/aromatic N) is 2. The van der Waals surface area contributed by atoms with Gasteiger partial charge in [0.15, 0.2) is 0 Å². The van der Waals surface area contributed by atoms with Gasteiger partial charge in [-0.1, -0.05) is 0 Å². The highest BCUT2D eigenvalue weighted by molar-refractivity contribution is 7.09. The Labute approximate surface area is 135 Å². The summed E-state index contributed by atoms with van der Waals surface area (Å²) in [6.07, 6.45) is 0.295. The molecule has 0 bridgehead atoms. The van der Waals surface area contributed by atoms with E-state index in [0.29, 0.717) is 26.2 Å². The summed E-state index contributed by atoms with van der Waals surface area (Å²) >= 11 is 1.60. The Morgan fingerprint density at radius 2 is 2.36 bits per heavy atom. The number of carbonyl (C=O) groups excluding carboxylic acids is 1. The van der Waals surface area contributed by atoms with Crippen molar-refractivity contribution in [1.29, 1.82) is 0 Å². The predicted octanol–water partition coefficient (Wildman–Crippen LogP) is 1.96. The van der Waals surface area contributed by atoms with Crippen molar-refractivity contribution in [2.24, 2.45) is 5.73 Å². The molecule has 6 nitrogen and oxygen atoms in total. The third-order valence-corrected chi connectivity index (χ3v) is 4.22. The van der Waals surface area contributed by atoms with Crippen LogP contribution in [-0.2, 0) is 15.9 Å². The van der Waals surface area contributed by atoms with Crippen LogP contribution in [0.1, 0.15) is 31.5 Å². The van der Waals surface area contributed by atoms with E-state index in [-0.39, 0.29) is 18.2 Å². The van der Waals surface area contributed by atoms with Crippen molar-refractivity contribution in [3.8, 4) is 0 Å². The largest absolute Gasteiger partial charge is 0.444 e. The van der Waals surface area contributed by atoms with E-state index in [4.69, 9.17) is 15.2 Å². The molecule has 1 aromatic heterocycles. The van der Waals surface area contributed by atoms with Crippen LogP contribution in [0.5, 0.6) is 0 Å². The van der Waals surface area contributed by atoms with Gasteiger partial charge in [0.2, 0.25) is 0 Å². The number of hydrogen-bond acceptors (Lipinski definition) is 6. The van der Waals surface area contributed by atoms with Gasteiger partial charge in [-0.3, -0.25) is 4.90 Å². The molecule has 2 heterocycles. The van der Waals surface area contributed by atoms with E-state index in [1.165, 1.54) is 0 Å². The van der Waals surface area contributed by atoms with Crippen LogP contribution in [0.15, 0.2) is 5.38 Å². The number of aryl methyl sites for hydroxylation is 1. The second-order valence-corrected chi connectivity index (χ2v) is 7.60. The van der Waals surface area contributed by atoms with Gasteiger partial charge in [0.25, 0.3) is 0 Å². The van der Waals surface area contributed by atoms with Crippen molar-refractivity contribution < 1.29 is 14.3 Å². The molecule has 0 saturated carbocycles. The molecule has 22 heavy (non-hydrogen) atoms. The SMILES string of the molecule is Cc1nc(CC(N)C2COCCN2C(=O)OC(C)(C)C)cs1. The lowest BCUT2D eigenvalue weighted by Gasteiger charge is -2.39. The molecule has 2 atom stereocenters. The summed E-state index contributed by atoms with van der Waals surface area (Å²) in [6.45, 7) is 9.00. The van der Waals surface area contributed by atoms with Gasteiger partial charge in [-0.05, 0) is 27.7 Å². The van der Waals surface area contributed by atoms with Gasteiger partial charge in [0, 0.05) is 24.4 Å². The van der Waals surface area contributed by atoms with Crippen LogP contribution in [0.4, 0.5) is 4.79 Å². The third-order valence-electron chi connectivity index (χ3n) is 3.40. The number of hydrogen-bond donors (Lipinski definition) is 1. The van der Waals surface area contributed by atoms with Gasteiger partial charge < -0.3 is 15.2 Å². The Morgan fingerprint density at radius 3 is 2.95 bits per heavy atom. The average Bonchev–Trinajstić information content (AvgIpc) is 2.82. The van der Waals surface area contributed by atoms with Crippen molar-refractivity contribution in [2.45, 2.75) is 51.8 Å². The summed E-state index contributed by atoms with van der Waals surface area (Å²) in [7, 11) is 0. The summed E-state index contributed by atoms with van der Waals surface area (Å²) < 4.78 is 11.0. The van der Waals surface area contributed by atoms with E-state index in [2.05, 4.69) is 4.98 Å². The molecule has 1 aromatic rings. The summed E-state index contributed by atoms with van der Waals surface area (Å²) in [4.78, 5) is 18.5. The van der Waals surface area contributed by atoms with Crippen LogP contribution >= 0.6 is 11.3 Å². The molecule has 1 aliphatic heterocycles. The molecule has 2 unspecified atom stereocenters. The van der Waals surface area contributed by atoms with E-state index >= 15 is 0 Å². The van der Waals surface area contributed by atoms with Gasteiger partial charge in [-0.25, -0.2) is 9.78 Å². The van der Waals surface area contributed by atoms with Gasteiger partial charge in [0.05, 0.1) is 30.0 Å². The Hall–Kier alpha value is -1.18. The first kappa shape index (κ1) is 17.2. The van der Waals surface area contributed by atoms with Crippen molar-refractivity contribution in [3.05, 3.63) is 16.1 Å². The molecule has 2 N–H and O–H groups in total. The van der Waals surface area contributed by atoms with Gasteiger partial charge in [-0.2, -0.15) is 0 Å². The minimum atomic E-state index is -0.518. The number of nitrogens with two attached hydrogens (primary N) is 1. The highest BCUT2D eigenvalue weighted by atomic mass is 32.1. The van der Waals surface area contributed by atoms with Crippen molar-refractivity contribution in [3.63, 3.8) is 0 Å². The quantitative estimate of drug-likeness (QED) is 0.918. The van der Waals surface area contributed by atoms with Crippen molar-refractivity contribution >= 4 is 17.4 Å². The molecule has 1 amide bonds. The lowest BCUT2D eigenvalue weighted by atomic mass is 10.0. The number of carbonyl (C=O) groups is 1. The predicted molar refractivity (Wildman–Crippen MR) is 86.1 cm³/mol. The molecular formula is C15H25N3O3S. The highest BCUT2D eigenvalue weighted by Crippen LogP contribution is 2.18. The lowest BCUT2D eigenvalue weighted by molar-refractivity contribution is -0.0379. The maximum Gasteiger partial charge on any atom is 0.410 e. The Morgan fingerprint density at radius 1 is 1.64 bits per heavy atom. The molecule has 0 spiro atoms. The summed E-state index contributed by atoms with van der Waals surface area (Å²) in [5.41, 5.74) is 6.76. The second kappa shape index (κ2) is 6.93. The van der Waals surface area contributed by atoms with Crippen molar-refractivity contribution in [2.75, 3.05) is 19.8 Å². The molecule has 1 saturated heterocycles. The second-order valence-electron chi connectivity index (χ2n) is 6.54. The number of thiazole rings is 1. The fraction of sp³-hybridized carbons (Fsp3) is 0.733. The Bertz CT molecular complexity index is 512. The van der Waals surface area contributed by atoms with Crippen LogP contribution in [0.2, 0.25) is 0 Å². The van der Waals surface area contributed by atoms with Crippen LogP contribution < -0.4 is 5.73 Å². The molecule has 124 valence electrons. The summed E-state index contributed by atoms with van der Waals surface area (Å²) in [5, 5.41) is 3.03. The maximum atomic E-state index is 12.4. The zero-order valence-electron chi connectivity index (χ0n) is 13.7. The minimum absolute atomic E-state index is 0.189. The number of morpholine rings is 1. The molecule has 7 heteroatoms. The lowest BCUT2D eigenvalue weighted by Crippen LogP contribution is -2.58. The maximum absolute atomic E-state index is 12.4. The molecule has 0 aromatic carbocycles. The van der Waals surface area contributed by atoms with Crippen molar-refractivity contribution in [1.82, 2.24) is 9.88 Å². The monoisotopic (exact) mass is 327 g/mol. The molecular weight excluding hydrogens is 302 g/mol. The molecule has 2 rings (SSSR count). The number of aromatic nitrogens is 1. The fourth-order valence-corrected chi connectivity index (χ4v) is 3.03. The zero-order chi connectivity index (χ0) is 16.3. The van der Waals surface area contributed by atoms with E-state index in [9.17, 15) is 4.79 Å². The molecule has 0 aliphatic carbocycles. The van der Waals surface area contributed by atoms with Crippen LogP contribution in [-0.4, -0.2) is 53.4 Å². The van der Waals surface area contributed by atoms with Gasteiger partial charge >= 0.3 is 6.09 Å². The topological polar surface area (TPSA) is 77.7 Å². The standard InChI is InChI=1S/C15H25N3O3S/c1-10-17-11(9-22-10)7-12(16)13-8-20-6-5-18(13)14(19)21-15(2,3)4/h9,12-13H,5-8,16H2,1-4H3. The zero-order valence-corrected chi connectivity index (χ0v) is 14.5. The molecule has 1 fully saturated rings. The normalized spacial score (nSPS) is 20.8. The van der Waals surface area contributed by atoms with Gasteiger partial charge in [0.1, 0.15) is 5.60 Å². The Balaban J connectivity index is 2.03. The first-order valence-corrected chi connectivity index (χ1v) is 8.38. The molecule has 1 aliphatic rings. The smallest absolute Gasteiger partial charge is 0.410 e.